The summed E-state index contributed by atoms with van der Waals surface area (Å²) in [6.07, 6.45) is 3.60. The minimum Gasteiger partial charge on any atom is -0.464 e. The third kappa shape index (κ3) is 4.16. The number of carbonyl (C=O) groups excluding carboxylic acids is 1. The number of amides is 1. The molecule has 0 radical (unpaired) electrons. The second kappa shape index (κ2) is 10.1. The molecule has 0 unspecified atom stereocenters. The third-order valence-electron chi connectivity index (χ3n) is 6.66. The number of carbonyl (C=O) groups is 1. The summed E-state index contributed by atoms with van der Waals surface area (Å²) < 4.78 is 33.9. The molecule has 2 aliphatic heterocycles. The van der Waals surface area contributed by atoms with Gasteiger partial charge < -0.3 is 9.32 Å². The average Bonchev–Trinajstić information content (AvgIpc) is 3.50. The van der Waals surface area contributed by atoms with Crippen LogP contribution in [0.25, 0.3) is 16.7 Å². The molecule has 1 amide bonds. The molecule has 0 saturated carbocycles. The number of aromatic nitrogens is 4. The maximum absolute atomic E-state index is 13.5. The minimum atomic E-state index is -2.69. The standard InChI is InChI=1S/C22H19F2N5O2.3H2S/c23-20(24)16-10-18(29-22(27-16)25-11-26-29)15-4-2-14-3-5-17(15)28(14)21(30)13-1-6-19-12(9-13)7-8-31-19;;;/h1,6-11,14-15,17,20H,2-5H2;3*1H2/t14-,15-,17-;;;/m0.../s1. The van der Waals surface area contributed by atoms with Crippen molar-refractivity contribution in [2.45, 2.75) is 50.1 Å². The van der Waals surface area contributed by atoms with Crippen LogP contribution in [0.3, 0.4) is 0 Å². The second-order valence-electron chi connectivity index (χ2n) is 8.25. The number of fused-ring (bicyclic) bond motifs is 4. The Hall–Kier alpha value is -2.31. The Morgan fingerprint density at radius 2 is 1.85 bits per heavy atom. The first-order valence-corrected chi connectivity index (χ1v) is 10.4. The number of halogens is 2. The number of nitrogens with zero attached hydrogens (tertiary/aromatic N) is 5. The third-order valence-corrected chi connectivity index (χ3v) is 6.66. The largest absolute Gasteiger partial charge is 0.464 e. The Morgan fingerprint density at radius 3 is 2.65 bits per heavy atom. The number of furan rings is 1. The van der Waals surface area contributed by atoms with Crippen LogP contribution in [0.2, 0.25) is 0 Å². The molecule has 6 rings (SSSR count). The predicted octanol–water partition coefficient (Wildman–Crippen LogP) is 4.70. The maximum atomic E-state index is 13.5. The van der Waals surface area contributed by atoms with E-state index in [1.807, 2.05) is 23.1 Å². The van der Waals surface area contributed by atoms with Gasteiger partial charge in [0.15, 0.2) is 0 Å². The van der Waals surface area contributed by atoms with Gasteiger partial charge in [0.2, 0.25) is 0 Å². The van der Waals surface area contributed by atoms with E-state index in [1.54, 1.807) is 12.3 Å². The molecular formula is C22H25F2N5O2S3. The molecule has 5 heterocycles. The van der Waals surface area contributed by atoms with Crippen molar-refractivity contribution in [3.63, 3.8) is 0 Å². The van der Waals surface area contributed by atoms with E-state index >= 15 is 0 Å². The SMILES string of the molecule is O=C(c1ccc2occc2c1)N1[C@H]2CC[C@H](c3cc(C(F)F)nc4ncnn34)[C@@H]1CC2.S.S.S. The molecule has 7 nitrogen and oxygen atoms in total. The predicted molar refractivity (Wildman–Crippen MR) is 138 cm³/mol. The number of hydrogen-bond acceptors (Lipinski definition) is 5. The van der Waals surface area contributed by atoms with Gasteiger partial charge in [-0.1, -0.05) is 0 Å². The molecule has 0 spiro atoms. The number of hydrogen-bond donors (Lipinski definition) is 0. The van der Waals surface area contributed by atoms with Crippen LogP contribution in [-0.4, -0.2) is 42.5 Å². The van der Waals surface area contributed by atoms with Gasteiger partial charge in [-0.25, -0.2) is 18.3 Å². The fourth-order valence-electron chi connectivity index (χ4n) is 5.30. The van der Waals surface area contributed by atoms with Crippen LogP contribution in [0.4, 0.5) is 8.78 Å². The molecule has 12 heteroatoms. The molecule has 2 saturated heterocycles. The highest BCUT2D eigenvalue weighted by Crippen LogP contribution is 2.45. The maximum Gasteiger partial charge on any atom is 0.280 e. The zero-order chi connectivity index (χ0) is 21.1. The molecule has 3 aromatic heterocycles. The van der Waals surface area contributed by atoms with Gasteiger partial charge in [0.25, 0.3) is 18.1 Å². The van der Waals surface area contributed by atoms with E-state index in [1.165, 1.54) is 16.9 Å². The first-order valence-electron chi connectivity index (χ1n) is 10.4. The summed E-state index contributed by atoms with van der Waals surface area (Å²) in [6, 6.07) is 8.79. The van der Waals surface area contributed by atoms with Crippen molar-refractivity contribution in [3.8, 4) is 0 Å². The summed E-state index contributed by atoms with van der Waals surface area (Å²) in [5.74, 6) is 0.0273. The summed E-state index contributed by atoms with van der Waals surface area (Å²) in [7, 11) is 0. The van der Waals surface area contributed by atoms with Crippen LogP contribution in [0.5, 0.6) is 0 Å². The van der Waals surface area contributed by atoms with Crippen molar-refractivity contribution >= 4 is 63.1 Å². The van der Waals surface area contributed by atoms with Crippen molar-refractivity contribution < 1.29 is 18.0 Å². The Bertz CT molecular complexity index is 1310. The Labute approximate surface area is 215 Å². The van der Waals surface area contributed by atoms with Crippen LogP contribution < -0.4 is 0 Å². The normalized spacial score (nSPS) is 21.3. The molecule has 1 aromatic carbocycles. The van der Waals surface area contributed by atoms with Crippen LogP contribution in [0.15, 0.2) is 47.3 Å². The van der Waals surface area contributed by atoms with Crippen LogP contribution >= 0.6 is 40.5 Å². The van der Waals surface area contributed by atoms with Gasteiger partial charge in [0.1, 0.15) is 17.6 Å². The molecular weight excluding hydrogens is 500 g/mol. The van der Waals surface area contributed by atoms with Gasteiger partial charge >= 0.3 is 0 Å². The van der Waals surface area contributed by atoms with Crippen molar-refractivity contribution in [2.24, 2.45) is 0 Å². The number of piperidine rings is 1. The van der Waals surface area contributed by atoms with Crippen LogP contribution in [-0.2, 0) is 0 Å². The van der Waals surface area contributed by atoms with Gasteiger partial charge in [0, 0.05) is 29.0 Å². The van der Waals surface area contributed by atoms with E-state index in [2.05, 4.69) is 15.1 Å². The van der Waals surface area contributed by atoms with Crippen molar-refractivity contribution in [3.05, 3.63) is 59.9 Å². The zero-order valence-corrected chi connectivity index (χ0v) is 21.0. The lowest BCUT2D eigenvalue weighted by atomic mass is 9.86. The summed E-state index contributed by atoms with van der Waals surface area (Å²) in [4.78, 5) is 23.4. The van der Waals surface area contributed by atoms with E-state index in [9.17, 15) is 13.6 Å². The number of alkyl halides is 2. The second-order valence-corrected chi connectivity index (χ2v) is 8.25. The Balaban J connectivity index is 0.00000108. The molecule has 0 aliphatic carbocycles. The molecule has 4 aromatic rings. The minimum absolute atomic E-state index is 0. The molecule has 2 aliphatic rings. The molecule has 182 valence electrons. The lowest BCUT2D eigenvalue weighted by Crippen LogP contribution is -2.47. The molecule has 3 atom stereocenters. The molecule has 2 fully saturated rings. The fraction of sp³-hybridized carbons (Fsp3) is 0.364. The van der Waals surface area contributed by atoms with Crippen LogP contribution in [0.1, 0.15) is 59.8 Å². The van der Waals surface area contributed by atoms with Gasteiger partial charge in [-0.3, -0.25) is 4.79 Å². The van der Waals surface area contributed by atoms with Crippen molar-refractivity contribution in [1.29, 1.82) is 0 Å². The number of benzene rings is 1. The van der Waals surface area contributed by atoms with Crippen molar-refractivity contribution in [1.82, 2.24) is 24.5 Å². The quantitative estimate of drug-likeness (QED) is 0.388. The highest BCUT2D eigenvalue weighted by molar-refractivity contribution is 7.59. The van der Waals surface area contributed by atoms with Gasteiger partial charge in [-0.2, -0.15) is 50.6 Å². The highest BCUT2D eigenvalue weighted by atomic mass is 32.1. The van der Waals surface area contributed by atoms with E-state index in [0.29, 0.717) is 11.3 Å². The summed E-state index contributed by atoms with van der Waals surface area (Å²) in [6.45, 7) is 0. The molecule has 0 N–H and O–H groups in total. The molecule has 34 heavy (non-hydrogen) atoms. The summed E-state index contributed by atoms with van der Waals surface area (Å²) in [5, 5.41) is 5.10. The summed E-state index contributed by atoms with van der Waals surface area (Å²) >= 11 is 0. The highest BCUT2D eigenvalue weighted by Gasteiger charge is 2.46. The Kier molecular flexibility index (Phi) is 7.83. The lowest BCUT2D eigenvalue weighted by Gasteiger charge is -2.40. The van der Waals surface area contributed by atoms with Crippen molar-refractivity contribution in [2.75, 3.05) is 0 Å². The number of rotatable bonds is 3. The lowest BCUT2D eigenvalue weighted by molar-refractivity contribution is 0.0554. The first-order chi connectivity index (χ1) is 15.1. The van der Waals surface area contributed by atoms with Gasteiger partial charge in [-0.15, -0.1) is 0 Å². The van der Waals surface area contributed by atoms with Gasteiger partial charge in [-0.05, 0) is 56.0 Å². The Morgan fingerprint density at radius 1 is 1.06 bits per heavy atom. The van der Waals surface area contributed by atoms with E-state index in [4.69, 9.17) is 4.42 Å². The molecule has 2 bridgehead atoms. The van der Waals surface area contributed by atoms with E-state index in [0.717, 1.165) is 36.7 Å². The van der Waals surface area contributed by atoms with Gasteiger partial charge in [0.05, 0.1) is 12.0 Å². The van der Waals surface area contributed by atoms with E-state index in [-0.39, 0.29) is 75.9 Å². The topological polar surface area (TPSA) is 76.5 Å². The first kappa shape index (κ1) is 26.3. The average molecular weight is 526 g/mol. The fourth-order valence-corrected chi connectivity index (χ4v) is 5.30. The summed E-state index contributed by atoms with van der Waals surface area (Å²) in [5.41, 5.74) is 1.69. The monoisotopic (exact) mass is 525 g/mol. The smallest absolute Gasteiger partial charge is 0.280 e. The van der Waals surface area contributed by atoms with Crippen LogP contribution in [0, 0.1) is 0 Å². The van der Waals surface area contributed by atoms with E-state index < -0.39 is 6.43 Å². The zero-order valence-electron chi connectivity index (χ0n) is 18.0.